The summed E-state index contributed by atoms with van der Waals surface area (Å²) in [6.07, 6.45) is 7.43. The highest BCUT2D eigenvalue weighted by molar-refractivity contribution is 6.01. The number of amides is 1. The zero-order valence-electron chi connectivity index (χ0n) is 16.8. The van der Waals surface area contributed by atoms with E-state index in [9.17, 15) is 9.59 Å². The summed E-state index contributed by atoms with van der Waals surface area (Å²) in [7, 11) is 1.77. The summed E-state index contributed by atoms with van der Waals surface area (Å²) in [5, 5.41) is 0. The Kier molecular flexibility index (Phi) is 6.85. The van der Waals surface area contributed by atoms with E-state index in [1.54, 1.807) is 36.2 Å². The maximum Gasteiger partial charge on any atom is 0.254 e. The van der Waals surface area contributed by atoms with Crippen LogP contribution in [0.3, 0.4) is 0 Å². The molecule has 0 fully saturated rings. The van der Waals surface area contributed by atoms with Crippen LogP contribution in [0.5, 0.6) is 5.75 Å². The van der Waals surface area contributed by atoms with E-state index < -0.39 is 0 Å². The van der Waals surface area contributed by atoms with Gasteiger partial charge in [0.15, 0.2) is 6.29 Å². The Bertz CT molecular complexity index is 830. The minimum Gasteiger partial charge on any atom is -0.490 e. The molecule has 1 amide bonds. The van der Waals surface area contributed by atoms with E-state index >= 15 is 0 Å². The molecule has 0 spiro atoms. The zero-order chi connectivity index (χ0) is 19.9. The number of hydrogen-bond donors (Lipinski definition) is 0. The molecular weight excluding hydrogens is 350 g/mol. The van der Waals surface area contributed by atoms with Gasteiger partial charge in [-0.3, -0.25) is 9.59 Å². The first-order chi connectivity index (χ1) is 13.6. The van der Waals surface area contributed by atoms with Gasteiger partial charge in [0.05, 0.1) is 11.7 Å². The van der Waals surface area contributed by atoms with Crippen LogP contribution >= 0.6 is 0 Å². The van der Waals surface area contributed by atoms with Crippen molar-refractivity contribution in [1.29, 1.82) is 0 Å². The molecule has 2 aromatic carbocycles. The molecule has 0 radical (unpaired) electrons. The van der Waals surface area contributed by atoms with Crippen LogP contribution in [0.4, 0.5) is 0 Å². The standard InChI is InChI=1S/C24H29NO3/c1-18(28-23-14-8-11-19-9-4-3-5-12-21(19)23)15-16-25(2)24(27)22-13-7-6-10-20(22)17-26/h6-8,10-11,13-14,17-18H,3-5,9,12,15-16H2,1-2H3. The largest absolute Gasteiger partial charge is 0.490 e. The zero-order valence-corrected chi connectivity index (χ0v) is 16.8. The molecular formula is C24H29NO3. The summed E-state index contributed by atoms with van der Waals surface area (Å²) in [5.41, 5.74) is 3.65. The van der Waals surface area contributed by atoms with Crippen molar-refractivity contribution in [3.05, 3.63) is 64.7 Å². The van der Waals surface area contributed by atoms with Crippen LogP contribution in [-0.4, -0.2) is 36.8 Å². The molecule has 4 heteroatoms. The summed E-state index contributed by atoms with van der Waals surface area (Å²) >= 11 is 0. The Morgan fingerprint density at radius 1 is 1.11 bits per heavy atom. The number of aldehydes is 1. The fourth-order valence-electron chi connectivity index (χ4n) is 3.79. The molecule has 1 aliphatic rings. The highest BCUT2D eigenvalue weighted by Crippen LogP contribution is 2.29. The van der Waals surface area contributed by atoms with Crippen LogP contribution in [0.15, 0.2) is 42.5 Å². The van der Waals surface area contributed by atoms with Crippen molar-refractivity contribution in [2.45, 2.75) is 51.6 Å². The number of fused-ring (bicyclic) bond motifs is 1. The van der Waals surface area contributed by atoms with E-state index in [1.165, 1.54) is 30.4 Å². The first kappa shape index (κ1) is 20.1. The van der Waals surface area contributed by atoms with Gasteiger partial charge < -0.3 is 9.64 Å². The third-order valence-corrected chi connectivity index (χ3v) is 5.47. The summed E-state index contributed by atoms with van der Waals surface area (Å²) in [5.74, 6) is 0.857. The molecule has 4 nitrogen and oxygen atoms in total. The van der Waals surface area contributed by atoms with Crippen molar-refractivity contribution in [3.8, 4) is 5.75 Å². The van der Waals surface area contributed by atoms with Crippen molar-refractivity contribution in [1.82, 2.24) is 4.90 Å². The number of nitrogens with zero attached hydrogens (tertiary/aromatic N) is 1. The summed E-state index contributed by atoms with van der Waals surface area (Å²) in [6.45, 7) is 2.62. The monoisotopic (exact) mass is 379 g/mol. The lowest BCUT2D eigenvalue weighted by atomic mass is 10.0. The van der Waals surface area contributed by atoms with E-state index in [0.717, 1.165) is 31.3 Å². The van der Waals surface area contributed by atoms with Gasteiger partial charge in [0.25, 0.3) is 5.91 Å². The Labute approximate surface area is 167 Å². The normalized spacial score (nSPS) is 14.5. The summed E-state index contributed by atoms with van der Waals surface area (Å²) in [4.78, 5) is 25.5. The van der Waals surface area contributed by atoms with Crippen LogP contribution in [0.25, 0.3) is 0 Å². The summed E-state index contributed by atoms with van der Waals surface area (Å²) < 4.78 is 6.25. The highest BCUT2D eigenvalue weighted by Gasteiger charge is 2.18. The van der Waals surface area contributed by atoms with Crippen molar-refractivity contribution in [2.75, 3.05) is 13.6 Å². The Hall–Kier alpha value is -2.62. The molecule has 2 aromatic rings. The molecule has 0 saturated heterocycles. The molecule has 0 bridgehead atoms. The smallest absolute Gasteiger partial charge is 0.254 e. The minimum absolute atomic E-state index is 0.00585. The van der Waals surface area contributed by atoms with Gasteiger partial charge in [0.1, 0.15) is 5.75 Å². The maximum absolute atomic E-state index is 12.7. The number of ether oxygens (including phenoxy) is 1. The number of rotatable bonds is 7. The number of carbonyl (C=O) groups is 2. The fourth-order valence-corrected chi connectivity index (χ4v) is 3.79. The van der Waals surface area contributed by atoms with Crippen molar-refractivity contribution in [3.63, 3.8) is 0 Å². The average molecular weight is 380 g/mol. The number of benzene rings is 2. The van der Waals surface area contributed by atoms with Gasteiger partial charge in [0, 0.05) is 25.6 Å². The highest BCUT2D eigenvalue weighted by atomic mass is 16.5. The predicted molar refractivity (Wildman–Crippen MR) is 111 cm³/mol. The van der Waals surface area contributed by atoms with E-state index in [1.807, 2.05) is 6.92 Å². The molecule has 3 rings (SSSR count). The van der Waals surface area contributed by atoms with Gasteiger partial charge in [-0.1, -0.05) is 36.8 Å². The third kappa shape index (κ3) is 4.80. The molecule has 0 aromatic heterocycles. The van der Waals surface area contributed by atoms with Crippen molar-refractivity contribution < 1.29 is 14.3 Å². The molecule has 148 valence electrons. The Morgan fingerprint density at radius 3 is 2.71 bits per heavy atom. The molecule has 0 aliphatic heterocycles. The Morgan fingerprint density at radius 2 is 1.89 bits per heavy atom. The predicted octanol–water partition coefficient (Wildman–Crippen LogP) is 4.70. The lowest BCUT2D eigenvalue weighted by Gasteiger charge is -2.22. The first-order valence-corrected chi connectivity index (χ1v) is 10.2. The molecule has 0 N–H and O–H groups in total. The molecule has 1 aliphatic carbocycles. The average Bonchev–Trinajstić information content (AvgIpc) is 2.97. The molecule has 0 heterocycles. The van der Waals surface area contributed by atoms with Gasteiger partial charge in [-0.25, -0.2) is 0 Å². The Balaban J connectivity index is 1.59. The van der Waals surface area contributed by atoms with Gasteiger partial charge in [-0.2, -0.15) is 0 Å². The third-order valence-electron chi connectivity index (χ3n) is 5.47. The van der Waals surface area contributed by atoms with Gasteiger partial charge in [-0.15, -0.1) is 0 Å². The second-order valence-electron chi connectivity index (χ2n) is 7.60. The second kappa shape index (κ2) is 9.54. The molecule has 0 saturated carbocycles. The van der Waals surface area contributed by atoms with Crippen molar-refractivity contribution in [2.24, 2.45) is 0 Å². The molecule has 1 atom stereocenters. The lowest BCUT2D eigenvalue weighted by molar-refractivity contribution is 0.0772. The van der Waals surface area contributed by atoms with Crippen LogP contribution in [0.1, 0.15) is 64.4 Å². The van der Waals surface area contributed by atoms with Crippen molar-refractivity contribution >= 4 is 12.2 Å². The van der Waals surface area contributed by atoms with E-state index in [4.69, 9.17) is 4.74 Å². The maximum atomic E-state index is 12.7. The number of aryl methyl sites for hydroxylation is 1. The van der Waals surface area contributed by atoms with Crippen LogP contribution < -0.4 is 4.74 Å². The summed E-state index contributed by atoms with van der Waals surface area (Å²) in [6, 6.07) is 13.3. The number of hydrogen-bond acceptors (Lipinski definition) is 3. The topological polar surface area (TPSA) is 46.6 Å². The van der Waals surface area contributed by atoms with Gasteiger partial charge in [0.2, 0.25) is 0 Å². The molecule has 1 unspecified atom stereocenters. The van der Waals surface area contributed by atoms with Crippen LogP contribution in [-0.2, 0) is 12.8 Å². The minimum atomic E-state index is -0.136. The van der Waals surface area contributed by atoms with E-state index in [-0.39, 0.29) is 12.0 Å². The van der Waals surface area contributed by atoms with E-state index in [2.05, 4.69) is 18.2 Å². The quantitative estimate of drug-likeness (QED) is 0.518. The SMILES string of the molecule is CC(CCN(C)C(=O)c1ccccc1C=O)Oc1cccc2c1CCCCC2. The van der Waals surface area contributed by atoms with Gasteiger partial charge in [-0.05, 0) is 55.9 Å². The fraction of sp³-hybridized carbons (Fsp3) is 0.417. The van der Waals surface area contributed by atoms with E-state index in [0.29, 0.717) is 17.7 Å². The van der Waals surface area contributed by atoms with Crippen LogP contribution in [0, 0.1) is 0 Å². The van der Waals surface area contributed by atoms with Gasteiger partial charge >= 0.3 is 0 Å². The lowest BCUT2D eigenvalue weighted by Crippen LogP contribution is -2.31. The molecule has 28 heavy (non-hydrogen) atoms. The van der Waals surface area contributed by atoms with Crippen LogP contribution in [0.2, 0.25) is 0 Å². The number of carbonyl (C=O) groups excluding carboxylic acids is 2. The first-order valence-electron chi connectivity index (χ1n) is 10.2. The second-order valence-corrected chi connectivity index (χ2v) is 7.60.